The Morgan fingerprint density at radius 1 is 1.18 bits per heavy atom. The molecule has 0 fully saturated rings. The van der Waals surface area contributed by atoms with Crippen LogP contribution in [-0.4, -0.2) is 20.5 Å². The van der Waals surface area contributed by atoms with Crippen molar-refractivity contribution in [2.24, 2.45) is 0 Å². The monoisotopic (exact) mass is 339 g/mol. The van der Waals surface area contributed by atoms with Crippen LogP contribution in [0.25, 0.3) is 0 Å². The second-order valence-corrected chi connectivity index (χ2v) is 6.89. The van der Waals surface area contributed by atoms with Gasteiger partial charge >= 0.3 is 0 Å². The lowest BCUT2D eigenvalue weighted by Crippen LogP contribution is -2.10. The molecule has 0 spiro atoms. The van der Waals surface area contributed by atoms with Crippen molar-refractivity contribution in [2.45, 2.75) is 6.92 Å². The highest BCUT2D eigenvalue weighted by atomic mass is 35.5. The minimum atomic E-state index is -3.47. The number of Topliss-reactive ketones (excluding diaryl/α,β-unsaturated/α-hetero) is 1. The number of carbonyl (C=O) groups excluding carboxylic acids is 1. The fourth-order valence-electron chi connectivity index (χ4n) is 1.77. The Morgan fingerprint density at radius 2 is 1.91 bits per heavy atom. The van der Waals surface area contributed by atoms with E-state index in [2.05, 4.69) is 4.72 Å². The Bertz CT molecular complexity index is 818. The highest BCUT2D eigenvalue weighted by Gasteiger charge is 2.12. The van der Waals surface area contributed by atoms with Gasteiger partial charge in [-0.1, -0.05) is 17.7 Å². The molecule has 0 aliphatic rings. The number of ketones is 1. The number of carbonyl (C=O) groups is 1. The number of rotatable bonds is 5. The lowest BCUT2D eigenvalue weighted by Gasteiger charge is -2.13. The van der Waals surface area contributed by atoms with E-state index >= 15 is 0 Å². The van der Waals surface area contributed by atoms with Crippen molar-refractivity contribution in [3.63, 3.8) is 0 Å². The summed E-state index contributed by atoms with van der Waals surface area (Å²) < 4.78 is 30.9. The molecular weight excluding hydrogens is 326 g/mol. The van der Waals surface area contributed by atoms with E-state index in [4.69, 9.17) is 16.3 Å². The van der Waals surface area contributed by atoms with Crippen LogP contribution in [0.2, 0.25) is 5.02 Å². The van der Waals surface area contributed by atoms with E-state index in [0.29, 0.717) is 16.3 Å². The van der Waals surface area contributed by atoms with E-state index in [0.717, 1.165) is 6.26 Å². The summed E-state index contributed by atoms with van der Waals surface area (Å²) in [6, 6.07) is 11.2. The lowest BCUT2D eigenvalue weighted by molar-refractivity contribution is 0.101. The number of hydrogen-bond donors (Lipinski definition) is 1. The van der Waals surface area contributed by atoms with E-state index in [1.165, 1.54) is 25.1 Å². The molecule has 0 saturated carbocycles. The quantitative estimate of drug-likeness (QED) is 0.843. The number of halogens is 1. The van der Waals surface area contributed by atoms with Gasteiger partial charge in [-0.05, 0) is 43.3 Å². The van der Waals surface area contributed by atoms with Gasteiger partial charge in [0.15, 0.2) is 11.5 Å². The maximum Gasteiger partial charge on any atom is 0.229 e. The van der Waals surface area contributed by atoms with E-state index in [9.17, 15) is 13.2 Å². The molecule has 2 aromatic rings. The summed E-state index contributed by atoms with van der Waals surface area (Å²) in [5.74, 6) is 0.506. The average Bonchev–Trinajstić information content (AvgIpc) is 2.39. The zero-order valence-corrected chi connectivity index (χ0v) is 13.5. The molecule has 7 heteroatoms. The number of anilines is 1. The summed E-state index contributed by atoms with van der Waals surface area (Å²) in [7, 11) is -3.47. The van der Waals surface area contributed by atoms with Gasteiger partial charge in [-0.3, -0.25) is 9.52 Å². The Hall–Kier alpha value is -2.05. The number of nitrogens with one attached hydrogen (secondary N) is 1. The molecule has 0 bridgehead atoms. The third-order valence-electron chi connectivity index (χ3n) is 2.71. The van der Waals surface area contributed by atoms with Crippen molar-refractivity contribution in [3.05, 3.63) is 53.1 Å². The first-order chi connectivity index (χ1) is 10.2. The van der Waals surface area contributed by atoms with Gasteiger partial charge in [0.25, 0.3) is 0 Å². The summed E-state index contributed by atoms with van der Waals surface area (Å²) in [4.78, 5) is 11.5. The number of benzene rings is 2. The van der Waals surface area contributed by atoms with Crippen LogP contribution < -0.4 is 9.46 Å². The number of hydrogen-bond acceptors (Lipinski definition) is 4. The zero-order valence-electron chi connectivity index (χ0n) is 12.0. The van der Waals surface area contributed by atoms with Crippen LogP contribution in [0.5, 0.6) is 11.5 Å². The van der Waals surface area contributed by atoms with Crippen molar-refractivity contribution in [3.8, 4) is 11.5 Å². The first-order valence-electron chi connectivity index (χ1n) is 6.31. The molecule has 0 saturated heterocycles. The first-order valence-corrected chi connectivity index (χ1v) is 8.58. The summed E-state index contributed by atoms with van der Waals surface area (Å²) in [6.45, 7) is 1.42. The third kappa shape index (κ3) is 4.47. The molecule has 116 valence electrons. The summed E-state index contributed by atoms with van der Waals surface area (Å²) in [5, 5.41) is 0.484. The number of ether oxygens (including phenoxy) is 1. The molecule has 22 heavy (non-hydrogen) atoms. The normalized spacial score (nSPS) is 11.0. The van der Waals surface area contributed by atoms with Gasteiger partial charge in [0.05, 0.1) is 11.9 Å². The largest absolute Gasteiger partial charge is 0.455 e. The van der Waals surface area contributed by atoms with E-state index in [1.807, 2.05) is 0 Å². The maximum atomic E-state index is 11.5. The van der Waals surface area contributed by atoms with Gasteiger partial charge < -0.3 is 4.74 Å². The Balaban J connectivity index is 2.45. The smallest absolute Gasteiger partial charge is 0.229 e. The van der Waals surface area contributed by atoms with Gasteiger partial charge in [0, 0.05) is 10.6 Å². The molecule has 2 rings (SSSR count). The first kappa shape index (κ1) is 16.3. The maximum absolute atomic E-state index is 11.5. The molecule has 0 aliphatic heterocycles. The summed E-state index contributed by atoms with van der Waals surface area (Å²) in [6.07, 6.45) is 1.04. The van der Waals surface area contributed by atoms with Gasteiger partial charge in [-0.25, -0.2) is 8.42 Å². The van der Waals surface area contributed by atoms with Crippen molar-refractivity contribution in [2.75, 3.05) is 11.0 Å². The minimum Gasteiger partial charge on any atom is -0.455 e. The molecule has 0 radical (unpaired) electrons. The predicted octanol–water partition coefficient (Wildman–Crippen LogP) is 3.71. The standard InChI is InChI=1S/C15H14ClNO4S/c1-10(18)11-6-7-14(17-22(2,19)20)15(8-11)21-13-5-3-4-12(16)9-13/h3-9,17H,1-2H3. The number of sulfonamides is 1. The molecular formula is C15H14ClNO4S. The van der Waals surface area contributed by atoms with Gasteiger partial charge in [0.1, 0.15) is 5.75 Å². The molecule has 0 atom stereocenters. The van der Waals surface area contributed by atoms with E-state index < -0.39 is 10.0 Å². The Kier molecular flexibility index (Phi) is 4.73. The van der Waals surface area contributed by atoms with Crippen LogP contribution in [0.3, 0.4) is 0 Å². The van der Waals surface area contributed by atoms with Crippen LogP contribution in [0.15, 0.2) is 42.5 Å². The summed E-state index contributed by atoms with van der Waals surface area (Å²) in [5.41, 5.74) is 0.656. The molecule has 1 N–H and O–H groups in total. The SMILES string of the molecule is CC(=O)c1ccc(NS(C)(=O)=O)c(Oc2cccc(Cl)c2)c1. The fraction of sp³-hybridized carbons (Fsp3) is 0.133. The fourth-order valence-corrected chi connectivity index (χ4v) is 2.52. The average molecular weight is 340 g/mol. The topological polar surface area (TPSA) is 72.5 Å². The molecule has 5 nitrogen and oxygen atoms in total. The Labute approximate surface area is 133 Å². The molecule has 0 aliphatic carbocycles. The molecule has 0 aromatic heterocycles. The highest BCUT2D eigenvalue weighted by Crippen LogP contribution is 2.32. The second-order valence-electron chi connectivity index (χ2n) is 4.70. The zero-order chi connectivity index (χ0) is 16.3. The van der Waals surface area contributed by atoms with Gasteiger partial charge in [-0.15, -0.1) is 0 Å². The van der Waals surface area contributed by atoms with Crippen molar-refractivity contribution < 1.29 is 17.9 Å². The highest BCUT2D eigenvalue weighted by molar-refractivity contribution is 7.92. The van der Waals surface area contributed by atoms with Crippen LogP contribution in [0, 0.1) is 0 Å². The predicted molar refractivity (Wildman–Crippen MR) is 86.4 cm³/mol. The van der Waals surface area contributed by atoms with Crippen molar-refractivity contribution in [1.29, 1.82) is 0 Å². The lowest BCUT2D eigenvalue weighted by atomic mass is 10.1. The Morgan fingerprint density at radius 3 is 2.50 bits per heavy atom. The summed E-state index contributed by atoms with van der Waals surface area (Å²) >= 11 is 5.89. The molecule has 2 aromatic carbocycles. The van der Waals surface area contributed by atoms with Crippen LogP contribution >= 0.6 is 11.6 Å². The van der Waals surface area contributed by atoms with Crippen molar-refractivity contribution in [1.82, 2.24) is 0 Å². The van der Waals surface area contributed by atoms with Crippen LogP contribution in [0.1, 0.15) is 17.3 Å². The molecule has 0 heterocycles. The van der Waals surface area contributed by atoms with Crippen LogP contribution in [0.4, 0.5) is 5.69 Å². The van der Waals surface area contributed by atoms with E-state index in [-0.39, 0.29) is 17.2 Å². The molecule has 0 unspecified atom stereocenters. The van der Waals surface area contributed by atoms with E-state index in [1.54, 1.807) is 24.3 Å². The van der Waals surface area contributed by atoms with Gasteiger partial charge in [0.2, 0.25) is 10.0 Å². The minimum absolute atomic E-state index is 0.151. The second kappa shape index (κ2) is 6.37. The molecule has 0 amide bonds. The van der Waals surface area contributed by atoms with Gasteiger partial charge in [-0.2, -0.15) is 0 Å². The van der Waals surface area contributed by atoms with Crippen molar-refractivity contribution >= 4 is 33.1 Å². The van der Waals surface area contributed by atoms with Crippen LogP contribution in [-0.2, 0) is 10.0 Å². The third-order valence-corrected chi connectivity index (χ3v) is 3.53.